The second kappa shape index (κ2) is 11.8. The van der Waals surface area contributed by atoms with Crippen molar-refractivity contribution in [2.24, 2.45) is 4.99 Å². The number of hydrogen-bond donors (Lipinski definition) is 1. The number of carbonyl (C=O) groups is 2. The SMILES string of the molecule is CN=C(NCCc1cccc(C(=O)N(C)C)c1)N1CCN(CC(=O)N2CCOCC2)CC1. The smallest absolute Gasteiger partial charge is 0.253 e. The van der Waals surface area contributed by atoms with Crippen molar-refractivity contribution in [3.05, 3.63) is 35.4 Å². The van der Waals surface area contributed by atoms with Gasteiger partial charge in [0.25, 0.3) is 5.91 Å². The lowest BCUT2D eigenvalue weighted by atomic mass is 10.1. The number of carbonyl (C=O) groups excluding carboxylic acids is 2. The third kappa shape index (κ3) is 6.67. The molecule has 9 nitrogen and oxygen atoms in total. The van der Waals surface area contributed by atoms with E-state index in [2.05, 4.69) is 20.1 Å². The standard InChI is InChI=1S/C23H36N6O3/c1-24-23(25-8-7-19-5-4-6-20(17-19)22(31)26(2)3)29-11-9-27(10-12-29)18-21(30)28-13-15-32-16-14-28/h4-6,17H,7-16,18H2,1-3H3,(H,24,25). The van der Waals surface area contributed by atoms with E-state index in [1.54, 1.807) is 26.0 Å². The lowest BCUT2D eigenvalue weighted by Crippen LogP contribution is -2.55. The third-order valence-corrected chi connectivity index (χ3v) is 5.88. The number of morpholine rings is 1. The lowest BCUT2D eigenvalue weighted by Gasteiger charge is -2.37. The van der Waals surface area contributed by atoms with E-state index < -0.39 is 0 Å². The highest BCUT2D eigenvalue weighted by atomic mass is 16.5. The van der Waals surface area contributed by atoms with E-state index in [4.69, 9.17) is 4.74 Å². The summed E-state index contributed by atoms with van der Waals surface area (Å²) in [7, 11) is 5.32. The molecule has 0 unspecified atom stereocenters. The summed E-state index contributed by atoms with van der Waals surface area (Å²) in [6, 6.07) is 7.78. The average molecular weight is 445 g/mol. The Bertz CT molecular complexity index is 799. The van der Waals surface area contributed by atoms with Gasteiger partial charge in [-0.2, -0.15) is 0 Å². The van der Waals surface area contributed by atoms with Gasteiger partial charge in [-0.1, -0.05) is 12.1 Å². The monoisotopic (exact) mass is 444 g/mol. The van der Waals surface area contributed by atoms with E-state index in [0.717, 1.165) is 50.7 Å². The van der Waals surface area contributed by atoms with Crippen LogP contribution in [0.2, 0.25) is 0 Å². The molecule has 3 rings (SSSR count). The summed E-state index contributed by atoms with van der Waals surface area (Å²) in [5, 5.41) is 3.44. The van der Waals surface area contributed by atoms with Crippen LogP contribution in [0.3, 0.4) is 0 Å². The molecule has 0 aromatic heterocycles. The number of amides is 2. The maximum absolute atomic E-state index is 12.5. The fourth-order valence-electron chi connectivity index (χ4n) is 3.99. The third-order valence-electron chi connectivity index (χ3n) is 5.88. The molecule has 0 saturated carbocycles. The first-order valence-electron chi connectivity index (χ1n) is 11.3. The molecular formula is C23H36N6O3. The lowest BCUT2D eigenvalue weighted by molar-refractivity contribution is -0.136. The average Bonchev–Trinajstić information content (AvgIpc) is 2.82. The molecule has 1 aromatic rings. The van der Waals surface area contributed by atoms with Crippen LogP contribution >= 0.6 is 0 Å². The van der Waals surface area contributed by atoms with Gasteiger partial charge < -0.3 is 24.8 Å². The molecule has 1 aromatic carbocycles. The molecule has 9 heteroatoms. The summed E-state index contributed by atoms with van der Waals surface area (Å²) in [5.41, 5.74) is 1.83. The Morgan fingerprint density at radius 3 is 2.44 bits per heavy atom. The van der Waals surface area contributed by atoms with Gasteiger partial charge in [0.1, 0.15) is 0 Å². The van der Waals surface area contributed by atoms with E-state index in [9.17, 15) is 9.59 Å². The molecule has 0 radical (unpaired) electrons. The van der Waals surface area contributed by atoms with Crippen LogP contribution in [0, 0.1) is 0 Å². The molecule has 0 spiro atoms. The molecule has 2 aliphatic rings. The predicted octanol–water partition coefficient (Wildman–Crippen LogP) is -0.0173. The Kier molecular flexibility index (Phi) is 8.87. The summed E-state index contributed by atoms with van der Waals surface area (Å²) >= 11 is 0. The van der Waals surface area contributed by atoms with Crippen molar-refractivity contribution in [1.82, 2.24) is 24.9 Å². The number of guanidine groups is 1. The van der Waals surface area contributed by atoms with Crippen LogP contribution in [0.5, 0.6) is 0 Å². The Balaban J connectivity index is 1.42. The molecule has 2 aliphatic heterocycles. The predicted molar refractivity (Wildman–Crippen MR) is 125 cm³/mol. The fourth-order valence-corrected chi connectivity index (χ4v) is 3.99. The van der Waals surface area contributed by atoms with Gasteiger partial charge in [-0.05, 0) is 24.1 Å². The van der Waals surface area contributed by atoms with Crippen LogP contribution < -0.4 is 5.32 Å². The van der Waals surface area contributed by atoms with Crippen molar-refractivity contribution < 1.29 is 14.3 Å². The minimum Gasteiger partial charge on any atom is -0.378 e. The Hall–Kier alpha value is -2.65. The van der Waals surface area contributed by atoms with Gasteiger partial charge in [0.15, 0.2) is 5.96 Å². The number of nitrogens with zero attached hydrogens (tertiary/aromatic N) is 5. The minimum absolute atomic E-state index is 0.0144. The number of benzene rings is 1. The Labute approximate surface area is 191 Å². The summed E-state index contributed by atoms with van der Waals surface area (Å²) in [6.45, 7) is 7.23. The maximum Gasteiger partial charge on any atom is 0.253 e. The zero-order valence-corrected chi connectivity index (χ0v) is 19.5. The number of piperazine rings is 1. The first-order valence-corrected chi connectivity index (χ1v) is 11.3. The summed E-state index contributed by atoms with van der Waals surface area (Å²) in [6.07, 6.45) is 0.807. The van der Waals surface area contributed by atoms with Gasteiger partial charge >= 0.3 is 0 Å². The first kappa shape index (κ1) is 24.0. The summed E-state index contributed by atoms with van der Waals surface area (Å²) < 4.78 is 5.33. The highest BCUT2D eigenvalue weighted by Crippen LogP contribution is 2.09. The van der Waals surface area contributed by atoms with E-state index in [1.807, 2.05) is 29.2 Å². The highest BCUT2D eigenvalue weighted by Gasteiger charge is 2.24. The number of ether oxygens (including phenoxy) is 1. The minimum atomic E-state index is 0.0144. The van der Waals surface area contributed by atoms with Crippen LogP contribution in [-0.2, 0) is 16.0 Å². The van der Waals surface area contributed by atoms with Crippen LogP contribution in [0.15, 0.2) is 29.3 Å². The molecule has 0 atom stereocenters. The van der Waals surface area contributed by atoms with Crippen molar-refractivity contribution in [2.45, 2.75) is 6.42 Å². The van der Waals surface area contributed by atoms with E-state index in [-0.39, 0.29) is 11.8 Å². The number of hydrogen-bond acceptors (Lipinski definition) is 5. The Morgan fingerprint density at radius 1 is 1.06 bits per heavy atom. The van der Waals surface area contributed by atoms with Gasteiger partial charge in [-0.25, -0.2) is 0 Å². The van der Waals surface area contributed by atoms with Crippen molar-refractivity contribution in [1.29, 1.82) is 0 Å². The molecule has 2 heterocycles. The molecular weight excluding hydrogens is 408 g/mol. The number of aliphatic imine (C=N–C) groups is 1. The van der Waals surface area contributed by atoms with Crippen LogP contribution in [0.4, 0.5) is 0 Å². The van der Waals surface area contributed by atoms with Crippen molar-refractivity contribution in [3.63, 3.8) is 0 Å². The zero-order chi connectivity index (χ0) is 22.9. The van der Waals surface area contributed by atoms with E-state index >= 15 is 0 Å². The second-order valence-electron chi connectivity index (χ2n) is 8.38. The molecule has 2 fully saturated rings. The van der Waals surface area contributed by atoms with Gasteiger partial charge in [0.05, 0.1) is 19.8 Å². The highest BCUT2D eigenvalue weighted by molar-refractivity contribution is 5.94. The van der Waals surface area contributed by atoms with Crippen molar-refractivity contribution >= 4 is 17.8 Å². The molecule has 2 saturated heterocycles. The molecule has 176 valence electrons. The first-order chi connectivity index (χ1) is 15.5. The van der Waals surface area contributed by atoms with E-state index in [1.165, 1.54) is 0 Å². The molecule has 0 aliphatic carbocycles. The van der Waals surface area contributed by atoms with Crippen LogP contribution in [0.25, 0.3) is 0 Å². The van der Waals surface area contributed by atoms with Crippen molar-refractivity contribution in [2.75, 3.05) is 86.7 Å². The van der Waals surface area contributed by atoms with Gasteiger partial charge in [0, 0.05) is 72.5 Å². The van der Waals surface area contributed by atoms with E-state index in [0.29, 0.717) is 38.4 Å². The fraction of sp³-hybridized carbons (Fsp3) is 0.609. The largest absolute Gasteiger partial charge is 0.378 e. The molecule has 1 N–H and O–H groups in total. The van der Waals surface area contributed by atoms with Crippen LogP contribution in [-0.4, -0.2) is 124 Å². The summed E-state index contributed by atoms with van der Waals surface area (Å²) in [5.74, 6) is 1.09. The van der Waals surface area contributed by atoms with Gasteiger partial charge in [0.2, 0.25) is 5.91 Å². The second-order valence-corrected chi connectivity index (χ2v) is 8.38. The molecule has 0 bridgehead atoms. The molecule has 2 amide bonds. The Morgan fingerprint density at radius 2 is 1.78 bits per heavy atom. The maximum atomic E-state index is 12.5. The zero-order valence-electron chi connectivity index (χ0n) is 19.5. The summed E-state index contributed by atoms with van der Waals surface area (Å²) in [4.78, 5) is 37.0. The van der Waals surface area contributed by atoms with Crippen LogP contribution in [0.1, 0.15) is 15.9 Å². The topological polar surface area (TPSA) is 80.7 Å². The number of rotatable bonds is 6. The quantitative estimate of drug-likeness (QED) is 0.491. The number of nitrogens with one attached hydrogen (secondary N) is 1. The van der Waals surface area contributed by atoms with Gasteiger partial charge in [-0.15, -0.1) is 0 Å². The van der Waals surface area contributed by atoms with Gasteiger partial charge in [-0.3, -0.25) is 19.5 Å². The molecule has 32 heavy (non-hydrogen) atoms. The normalized spacial score (nSPS) is 17.9. The van der Waals surface area contributed by atoms with Crippen molar-refractivity contribution in [3.8, 4) is 0 Å².